The van der Waals surface area contributed by atoms with Crippen LogP contribution in [0.1, 0.15) is 41.2 Å². The molecule has 2 aromatic carbocycles. The van der Waals surface area contributed by atoms with Crippen molar-refractivity contribution >= 4 is 23.5 Å². The molecule has 6 heteroatoms. The topological polar surface area (TPSA) is 86.7 Å². The first-order valence-electron chi connectivity index (χ1n) is 8.52. The summed E-state index contributed by atoms with van der Waals surface area (Å²) >= 11 is 0. The fraction of sp³-hybridized carbons (Fsp3) is 0.250. The van der Waals surface area contributed by atoms with Crippen molar-refractivity contribution in [3.05, 3.63) is 65.7 Å². The van der Waals surface area contributed by atoms with E-state index >= 15 is 0 Å². The molecule has 1 unspecified atom stereocenters. The van der Waals surface area contributed by atoms with E-state index in [4.69, 9.17) is 5.11 Å². The Morgan fingerprint density at radius 2 is 1.88 bits per heavy atom. The van der Waals surface area contributed by atoms with E-state index in [-0.39, 0.29) is 18.2 Å². The van der Waals surface area contributed by atoms with Crippen LogP contribution in [0.2, 0.25) is 0 Å². The van der Waals surface area contributed by atoms with E-state index in [2.05, 4.69) is 5.32 Å². The van der Waals surface area contributed by atoms with E-state index in [0.29, 0.717) is 24.2 Å². The van der Waals surface area contributed by atoms with Crippen LogP contribution in [0.5, 0.6) is 0 Å². The normalized spacial score (nSPS) is 14.9. The van der Waals surface area contributed by atoms with Crippen molar-refractivity contribution in [2.45, 2.75) is 25.3 Å². The molecule has 2 N–H and O–H groups in total. The van der Waals surface area contributed by atoms with Gasteiger partial charge in [-0.25, -0.2) is 0 Å². The largest absolute Gasteiger partial charge is 0.481 e. The summed E-state index contributed by atoms with van der Waals surface area (Å²) in [6.45, 7) is 0.648. The van der Waals surface area contributed by atoms with Crippen molar-refractivity contribution in [1.29, 1.82) is 0 Å². The summed E-state index contributed by atoms with van der Waals surface area (Å²) in [4.78, 5) is 37.4. The maximum absolute atomic E-state index is 12.7. The Labute approximate surface area is 151 Å². The maximum atomic E-state index is 12.7. The van der Waals surface area contributed by atoms with Gasteiger partial charge in [-0.15, -0.1) is 0 Å². The monoisotopic (exact) mass is 352 g/mol. The molecule has 1 aliphatic rings. The molecule has 0 radical (unpaired) electrons. The predicted molar refractivity (Wildman–Crippen MR) is 96.9 cm³/mol. The van der Waals surface area contributed by atoms with Crippen molar-refractivity contribution in [3.8, 4) is 0 Å². The van der Waals surface area contributed by atoms with E-state index in [9.17, 15) is 14.4 Å². The molecule has 2 amide bonds. The maximum Gasteiger partial charge on any atom is 0.305 e. The molecule has 0 aromatic heterocycles. The van der Waals surface area contributed by atoms with Crippen LogP contribution in [0.3, 0.4) is 0 Å². The Kier molecular flexibility index (Phi) is 5.31. The van der Waals surface area contributed by atoms with Gasteiger partial charge in [0.15, 0.2) is 0 Å². The van der Waals surface area contributed by atoms with Crippen LogP contribution in [0, 0.1) is 0 Å². The Morgan fingerprint density at radius 1 is 1.12 bits per heavy atom. The van der Waals surface area contributed by atoms with E-state index < -0.39 is 12.0 Å². The number of rotatable bonds is 6. The Bertz CT molecular complexity index is 820. The number of anilines is 1. The van der Waals surface area contributed by atoms with Crippen molar-refractivity contribution in [3.63, 3.8) is 0 Å². The molecular weight excluding hydrogens is 332 g/mol. The number of carboxylic acid groups (broad SMARTS) is 1. The quantitative estimate of drug-likeness (QED) is 0.837. The Morgan fingerprint density at radius 3 is 2.54 bits per heavy atom. The van der Waals surface area contributed by atoms with Crippen molar-refractivity contribution in [1.82, 2.24) is 5.32 Å². The van der Waals surface area contributed by atoms with E-state index in [1.807, 2.05) is 6.07 Å². The number of amides is 2. The first-order chi connectivity index (χ1) is 12.5. The van der Waals surface area contributed by atoms with Crippen LogP contribution in [0.4, 0.5) is 5.69 Å². The summed E-state index contributed by atoms with van der Waals surface area (Å²) in [5.41, 5.74) is 1.82. The molecule has 134 valence electrons. The third-order valence-corrected chi connectivity index (χ3v) is 4.38. The highest BCUT2D eigenvalue weighted by Crippen LogP contribution is 2.23. The molecule has 1 aliphatic heterocycles. The third kappa shape index (κ3) is 4.08. The lowest BCUT2D eigenvalue weighted by Crippen LogP contribution is -2.30. The fourth-order valence-corrected chi connectivity index (χ4v) is 3.09. The number of carbonyl (C=O) groups excluding carboxylic acids is 2. The summed E-state index contributed by atoms with van der Waals surface area (Å²) in [7, 11) is 0. The molecule has 0 bridgehead atoms. The average molecular weight is 352 g/mol. The zero-order chi connectivity index (χ0) is 18.5. The second-order valence-electron chi connectivity index (χ2n) is 6.23. The van der Waals surface area contributed by atoms with Crippen LogP contribution in [0.25, 0.3) is 0 Å². The summed E-state index contributed by atoms with van der Waals surface area (Å²) in [6.07, 6.45) is 1.12. The fourth-order valence-electron chi connectivity index (χ4n) is 3.09. The molecule has 0 saturated carbocycles. The van der Waals surface area contributed by atoms with E-state index in [1.54, 1.807) is 53.4 Å². The molecule has 3 rings (SSSR count). The molecular formula is C20H20N2O4. The number of hydrogen-bond donors (Lipinski definition) is 2. The highest BCUT2D eigenvalue weighted by Gasteiger charge is 2.23. The lowest BCUT2D eigenvalue weighted by atomic mass is 10.0. The lowest BCUT2D eigenvalue weighted by molar-refractivity contribution is -0.137. The van der Waals surface area contributed by atoms with Gasteiger partial charge < -0.3 is 15.3 Å². The van der Waals surface area contributed by atoms with Crippen LogP contribution in [-0.4, -0.2) is 29.4 Å². The highest BCUT2D eigenvalue weighted by molar-refractivity contribution is 5.99. The number of hydrogen-bond acceptors (Lipinski definition) is 3. The van der Waals surface area contributed by atoms with E-state index in [1.165, 1.54) is 0 Å². The van der Waals surface area contributed by atoms with Gasteiger partial charge in [0.25, 0.3) is 5.91 Å². The minimum Gasteiger partial charge on any atom is -0.481 e. The molecule has 0 aliphatic carbocycles. The van der Waals surface area contributed by atoms with Gasteiger partial charge >= 0.3 is 5.97 Å². The molecule has 26 heavy (non-hydrogen) atoms. The zero-order valence-electron chi connectivity index (χ0n) is 14.2. The van der Waals surface area contributed by atoms with Crippen LogP contribution >= 0.6 is 0 Å². The van der Waals surface area contributed by atoms with Gasteiger partial charge in [-0.1, -0.05) is 36.4 Å². The number of nitrogens with one attached hydrogen (secondary N) is 1. The molecule has 1 atom stereocenters. The van der Waals surface area contributed by atoms with Gasteiger partial charge in [0.1, 0.15) is 0 Å². The third-order valence-electron chi connectivity index (χ3n) is 4.38. The SMILES string of the molecule is O=C(O)CC(NC(=O)c1cccc(N2CCCC2=O)c1)c1ccccc1. The molecule has 1 saturated heterocycles. The minimum atomic E-state index is -0.990. The molecule has 1 fully saturated rings. The number of aliphatic carboxylic acids is 1. The summed E-state index contributed by atoms with van der Waals surface area (Å²) in [6, 6.07) is 15.2. The second kappa shape index (κ2) is 7.82. The van der Waals surface area contributed by atoms with Gasteiger partial charge in [0, 0.05) is 24.2 Å². The molecule has 2 aromatic rings. The first-order valence-corrected chi connectivity index (χ1v) is 8.52. The van der Waals surface area contributed by atoms with Crippen LogP contribution in [-0.2, 0) is 9.59 Å². The Balaban J connectivity index is 1.79. The van der Waals surface area contributed by atoms with Gasteiger partial charge in [0.2, 0.25) is 5.91 Å². The minimum absolute atomic E-state index is 0.0515. The van der Waals surface area contributed by atoms with Gasteiger partial charge in [0.05, 0.1) is 12.5 Å². The predicted octanol–water partition coefficient (Wildman–Crippen LogP) is 2.76. The van der Waals surface area contributed by atoms with Crippen molar-refractivity contribution in [2.24, 2.45) is 0 Å². The van der Waals surface area contributed by atoms with Crippen LogP contribution in [0.15, 0.2) is 54.6 Å². The van der Waals surface area contributed by atoms with E-state index in [0.717, 1.165) is 12.0 Å². The highest BCUT2D eigenvalue weighted by atomic mass is 16.4. The van der Waals surface area contributed by atoms with Gasteiger partial charge in [-0.05, 0) is 30.2 Å². The molecule has 1 heterocycles. The molecule has 6 nitrogen and oxygen atoms in total. The molecule has 0 spiro atoms. The van der Waals surface area contributed by atoms with Crippen molar-refractivity contribution < 1.29 is 19.5 Å². The van der Waals surface area contributed by atoms with Crippen molar-refractivity contribution in [2.75, 3.05) is 11.4 Å². The summed E-state index contributed by atoms with van der Waals surface area (Å²) in [5, 5.41) is 11.9. The number of benzene rings is 2. The second-order valence-corrected chi connectivity index (χ2v) is 6.23. The number of nitrogens with zero attached hydrogens (tertiary/aromatic N) is 1. The van der Waals surface area contributed by atoms with Gasteiger partial charge in [-0.2, -0.15) is 0 Å². The standard InChI is InChI=1S/C20H20N2O4/c23-18-10-5-11-22(18)16-9-4-8-15(12-16)20(26)21-17(13-19(24)25)14-6-2-1-3-7-14/h1-4,6-9,12,17H,5,10-11,13H2,(H,21,26)(H,24,25). The number of carbonyl (C=O) groups is 3. The lowest BCUT2D eigenvalue weighted by Gasteiger charge is -2.19. The summed E-state index contributed by atoms with van der Waals surface area (Å²) in [5.74, 6) is -1.31. The van der Waals surface area contributed by atoms with Crippen LogP contribution < -0.4 is 10.2 Å². The first kappa shape index (κ1) is 17.7. The average Bonchev–Trinajstić information content (AvgIpc) is 3.07. The Hall–Kier alpha value is -3.15. The summed E-state index contributed by atoms with van der Waals surface area (Å²) < 4.78 is 0. The van der Waals surface area contributed by atoms with Gasteiger partial charge in [-0.3, -0.25) is 14.4 Å². The number of carboxylic acids is 1. The zero-order valence-corrected chi connectivity index (χ0v) is 14.2. The smallest absolute Gasteiger partial charge is 0.305 e.